The van der Waals surface area contributed by atoms with E-state index in [2.05, 4.69) is 20.4 Å². The number of carbonyl (C=O) groups is 1. The Morgan fingerprint density at radius 1 is 1.44 bits per heavy atom. The second-order valence-electron chi connectivity index (χ2n) is 7.54. The molecule has 1 unspecified atom stereocenters. The van der Waals surface area contributed by atoms with E-state index in [1.165, 1.54) is 10.8 Å². The molecule has 3 aromatic rings. The van der Waals surface area contributed by atoms with Crippen molar-refractivity contribution in [3.63, 3.8) is 0 Å². The number of ether oxygens (including phenoxy) is 1. The van der Waals surface area contributed by atoms with Crippen LogP contribution in [-0.2, 0) is 16.1 Å². The molecule has 1 aliphatic heterocycles. The highest BCUT2D eigenvalue weighted by Crippen LogP contribution is 2.23. The van der Waals surface area contributed by atoms with Crippen LogP contribution < -0.4 is 10.9 Å². The smallest absolute Gasteiger partial charge is 0.262 e. The van der Waals surface area contributed by atoms with Gasteiger partial charge in [-0.1, -0.05) is 0 Å². The average molecular weight is 370 g/mol. The number of hydrogen-bond acceptors (Lipinski definition) is 6. The fourth-order valence-corrected chi connectivity index (χ4v) is 3.57. The number of carbonyl (C=O) groups excluding carboxylic acids is 1. The number of pyridine rings is 1. The van der Waals surface area contributed by atoms with E-state index < -0.39 is 0 Å². The SMILES string of the molecule is Cc1nc2ncc3c(=O)n(CC(=O)NC4CCOC(C)(C)C4)ccc3n2n1. The molecular weight excluding hydrogens is 348 g/mol. The van der Waals surface area contributed by atoms with Crippen LogP contribution in [0.2, 0.25) is 0 Å². The van der Waals surface area contributed by atoms with Crippen molar-refractivity contribution in [3.8, 4) is 0 Å². The summed E-state index contributed by atoms with van der Waals surface area (Å²) in [5, 5.41) is 7.68. The van der Waals surface area contributed by atoms with Gasteiger partial charge in [0.25, 0.3) is 11.3 Å². The van der Waals surface area contributed by atoms with E-state index in [0.717, 1.165) is 12.8 Å². The Kier molecular flexibility index (Phi) is 4.18. The predicted molar refractivity (Wildman–Crippen MR) is 98.5 cm³/mol. The Labute approximate surface area is 155 Å². The van der Waals surface area contributed by atoms with Crippen molar-refractivity contribution >= 4 is 22.6 Å². The van der Waals surface area contributed by atoms with Crippen molar-refractivity contribution in [1.29, 1.82) is 0 Å². The third-order valence-corrected chi connectivity index (χ3v) is 4.79. The molecule has 1 aliphatic rings. The van der Waals surface area contributed by atoms with Gasteiger partial charge in [0.1, 0.15) is 12.4 Å². The largest absolute Gasteiger partial charge is 0.375 e. The van der Waals surface area contributed by atoms with Gasteiger partial charge in [-0.2, -0.15) is 9.50 Å². The molecule has 9 nitrogen and oxygen atoms in total. The lowest BCUT2D eigenvalue weighted by Gasteiger charge is -2.35. The normalized spacial score (nSPS) is 19.4. The van der Waals surface area contributed by atoms with Crippen LogP contribution in [0.4, 0.5) is 0 Å². The molecule has 3 aromatic heterocycles. The number of aryl methyl sites for hydroxylation is 1. The minimum atomic E-state index is -0.280. The van der Waals surface area contributed by atoms with E-state index in [9.17, 15) is 9.59 Å². The maximum Gasteiger partial charge on any atom is 0.262 e. The van der Waals surface area contributed by atoms with Crippen molar-refractivity contribution in [1.82, 2.24) is 29.5 Å². The fourth-order valence-electron chi connectivity index (χ4n) is 3.57. The molecule has 1 fully saturated rings. The van der Waals surface area contributed by atoms with Gasteiger partial charge in [-0.3, -0.25) is 9.59 Å². The summed E-state index contributed by atoms with van der Waals surface area (Å²) in [6.45, 7) is 6.37. The highest BCUT2D eigenvalue weighted by molar-refractivity contribution is 5.80. The molecule has 1 atom stereocenters. The van der Waals surface area contributed by atoms with E-state index in [1.807, 2.05) is 13.8 Å². The van der Waals surface area contributed by atoms with E-state index in [-0.39, 0.29) is 29.7 Å². The summed E-state index contributed by atoms with van der Waals surface area (Å²) in [5.41, 5.74) is 0.0918. The Hall–Kier alpha value is -2.81. The molecule has 0 aromatic carbocycles. The van der Waals surface area contributed by atoms with E-state index >= 15 is 0 Å². The second-order valence-corrected chi connectivity index (χ2v) is 7.54. The van der Waals surface area contributed by atoms with Gasteiger partial charge < -0.3 is 14.6 Å². The molecule has 0 saturated carbocycles. The molecule has 1 saturated heterocycles. The summed E-state index contributed by atoms with van der Waals surface area (Å²) in [6.07, 6.45) is 4.61. The monoisotopic (exact) mass is 370 g/mol. The Balaban J connectivity index is 1.57. The van der Waals surface area contributed by atoms with E-state index in [1.54, 1.807) is 23.7 Å². The predicted octanol–water partition coefficient (Wildman–Crippen LogP) is 0.821. The molecule has 0 bridgehead atoms. The van der Waals surface area contributed by atoms with Crippen LogP contribution in [-0.4, -0.2) is 48.3 Å². The molecule has 0 radical (unpaired) electrons. The number of hydrogen-bond donors (Lipinski definition) is 1. The first-order valence-corrected chi connectivity index (χ1v) is 8.97. The van der Waals surface area contributed by atoms with Gasteiger partial charge in [-0.05, 0) is 39.7 Å². The van der Waals surface area contributed by atoms with Crippen LogP contribution in [0.15, 0.2) is 23.3 Å². The van der Waals surface area contributed by atoms with Crippen LogP contribution in [0.5, 0.6) is 0 Å². The first-order valence-electron chi connectivity index (χ1n) is 8.97. The van der Waals surface area contributed by atoms with Crippen LogP contribution >= 0.6 is 0 Å². The molecule has 1 amide bonds. The molecule has 0 spiro atoms. The summed E-state index contributed by atoms with van der Waals surface area (Å²) in [6, 6.07) is 1.81. The maximum absolute atomic E-state index is 12.8. The van der Waals surface area contributed by atoms with Gasteiger partial charge in [0.2, 0.25) is 5.91 Å². The first kappa shape index (κ1) is 17.6. The fraction of sp³-hybridized carbons (Fsp3) is 0.500. The van der Waals surface area contributed by atoms with Crippen molar-refractivity contribution in [2.24, 2.45) is 0 Å². The Morgan fingerprint density at radius 2 is 2.26 bits per heavy atom. The molecule has 4 heterocycles. The first-order chi connectivity index (χ1) is 12.8. The molecule has 142 valence electrons. The Morgan fingerprint density at radius 3 is 3.04 bits per heavy atom. The van der Waals surface area contributed by atoms with Crippen LogP contribution in [0.1, 0.15) is 32.5 Å². The number of amides is 1. The standard InChI is InChI=1S/C18H22N6O3/c1-11-20-17-19-9-13-14(24(17)22-11)4-6-23(16(13)26)10-15(25)21-12-5-7-27-18(2,3)8-12/h4,6,9,12H,5,7-8,10H2,1-3H3,(H,21,25). The van der Waals surface area contributed by atoms with Crippen LogP contribution in [0.3, 0.4) is 0 Å². The van der Waals surface area contributed by atoms with Gasteiger partial charge in [-0.25, -0.2) is 4.98 Å². The van der Waals surface area contributed by atoms with Crippen molar-refractivity contribution in [3.05, 3.63) is 34.6 Å². The lowest BCUT2D eigenvalue weighted by molar-refractivity contribution is -0.124. The molecule has 0 aliphatic carbocycles. The van der Waals surface area contributed by atoms with Crippen LogP contribution in [0, 0.1) is 6.92 Å². The number of nitrogens with zero attached hydrogens (tertiary/aromatic N) is 5. The summed E-state index contributed by atoms with van der Waals surface area (Å²) in [4.78, 5) is 33.6. The molecular formula is C18H22N6O3. The average Bonchev–Trinajstić information content (AvgIpc) is 2.97. The minimum absolute atomic E-state index is 0.0407. The van der Waals surface area contributed by atoms with Gasteiger partial charge in [0, 0.05) is 25.0 Å². The third-order valence-electron chi connectivity index (χ3n) is 4.79. The Bertz CT molecular complexity index is 1080. The van der Waals surface area contributed by atoms with Gasteiger partial charge in [0.05, 0.1) is 16.5 Å². The highest BCUT2D eigenvalue weighted by Gasteiger charge is 2.29. The third kappa shape index (κ3) is 3.42. The topological polar surface area (TPSA) is 103 Å². The van der Waals surface area contributed by atoms with Crippen molar-refractivity contribution < 1.29 is 9.53 Å². The molecule has 9 heteroatoms. The van der Waals surface area contributed by atoms with Crippen molar-refractivity contribution in [2.75, 3.05) is 6.61 Å². The van der Waals surface area contributed by atoms with E-state index in [0.29, 0.717) is 29.1 Å². The minimum Gasteiger partial charge on any atom is -0.375 e. The maximum atomic E-state index is 12.8. The van der Waals surface area contributed by atoms with Gasteiger partial charge in [-0.15, -0.1) is 5.10 Å². The lowest BCUT2D eigenvalue weighted by Crippen LogP contribution is -2.47. The van der Waals surface area contributed by atoms with Crippen molar-refractivity contribution in [2.45, 2.75) is 51.8 Å². The molecule has 4 rings (SSSR count). The summed E-state index contributed by atoms with van der Waals surface area (Å²) >= 11 is 0. The van der Waals surface area contributed by atoms with E-state index in [4.69, 9.17) is 4.74 Å². The summed E-state index contributed by atoms with van der Waals surface area (Å²) in [7, 11) is 0. The second kappa shape index (κ2) is 6.41. The number of fused-ring (bicyclic) bond motifs is 3. The number of nitrogens with one attached hydrogen (secondary N) is 1. The summed E-state index contributed by atoms with van der Waals surface area (Å²) in [5.74, 6) is 0.833. The summed E-state index contributed by atoms with van der Waals surface area (Å²) < 4.78 is 8.60. The zero-order valence-corrected chi connectivity index (χ0v) is 15.6. The number of rotatable bonds is 3. The van der Waals surface area contributed by atoms with Gasteiger partial charge >= 0.3 is 0 Å². The van der Waals surface area contributed by atoms with Crippen LogP contribution in [0.25, 0.3) is 16.7 Å². The quantitative estimate of drug-likeness (QED) is 0.732. The lowest BCUT2D eigenvalue weighted by atomic mass is 9.94. The number of aromatic nitrogens is 5. The molecule has 27 heavy (non-hydrogen) atoms. The van der Waals surface area contributed by atoms with Gasteiger partial charge in [0.15, 0.2) is 0 Å². The zero-order chi connectivity index (χ0) is 19.2. The highest BCUT2D eigenvalue weighted by atomic mass is 16.5. The zero-order valence-electron chi connectivity index (χ0n) is 15.6. The molecule has 1 N–H and O–H groups in total.